The summed E-state index contributed by atoms with van der Waals surface area (Å²) >= 11 is 0. The van der Waals surface area contributed by atoms with Crippen LogP contribution in [-0.4, -0.2) is 28.8 Å². The molecule has 2 aromatic rings. The van der Waals surface area contributed by atoms with Gasteiger partial charge in [0.2, 0.25) is 0 Å². The quantitative estimate of drug-likeness (QED) is 0.664. The number of Topliss-reactive ketones (excluding diaryl/α,β-unsaturated/α-hetero) is 1. The Hall–Kier alpha value is -1.61. The number of carbonyl (C=O) groups excluding carboxylic acids is 1. The minimum atomic E-state index is 0.163. The molecule has 26 heavy (non-hydrogen) atoms. The van der Waals surface area contributed by atoms with E-state index in [0.29, 0.717) is 5.78 Å². The Bertz CT molecular complexity index is 674. The number of piperidine rings is 1. The second-order valence-corrected chi connectivity index (χ2v) is 6.15. The molecule has 2 aliphatic rings. The van der Waals surface area contributed by atoms with Gasteiger partial charge in [0, 0.05) is 29.1 Å². The van der Waals surface area contributed by atoms with Crippen LogP contribution >= 0.6 is 0 Å². The van der Waals surface area contributed by atoms with E-state index in [4.69, 9.17) is 0 Å². The van der Waals surface area contributed by atoms with Crippen LogP contribution < -0.4 is 0 Å². The van der Waals surface area contributed by atoms with Gasteiger partial charge in [-0.15, -0.1) is 0 Å². The maximum absolute atomic E-state index is 12.0. The molecule has 0 bridgehead atoms. The molecule has 2 aliphatic heterocycles. The van der Waals surface area contributed by atoms with Gasteiger partial charge in [-0.3, -0.25) is 9.69 Å². The lowest BCUT2D eigenvalue weighted by atomic mass is 9.80. The first-order valence-electron chi connectivity index (χ1n) is 10.6. The number of carbonyl (C=O) groups is 1. The highest BCUT2D eigenvalue weighted by Crippen LogP contribution is 2.42. The third-order valence-corrected chi connectivity index (χ3v) is 5.05. The molecule has 146 valence electrons. The first-order chi connectivity index (χ1) is 12.8. The van der Waals surface area contributed by atoms with E-state index >= 15 is 0 Å². The number of para-hydroxylation sites is 1. The van der Waals surface area contributed by atoms with E-state index < -0.39 is 0 Å². The van der Waals surface area contributed by atoms with E-state index in [0.717, 1.165) is 32.4 Å². The van der Waals surface area contributed by atoms with Crippen LogP contribution in [0.4, 0.5) is 0 Å². The predicted molar refractivity (Wildman–Crippen MR) is 114 cm³/mol. The number of fused-ring (bicyclic) bond motifs is 5. The minimum Gasteiger partial charge on any atom is -0.357 e. The largest absolute Gasteiger partial charge is 0.357 e. The summed E-state index contributed by atoms with van der Waals surface area (Å²) in [6.07, 6.45) is 3.28. The molecule has 0 unspecified atom stereocenters. The average Bonchev–Trinajstić information content (AvgIpc) is 3.11. The highest BCUT2D eigenvalue weighted by Gasteiger charge is 2.39. The molecule has 1 saturated heterocycles. The van der Waals surface area contributed by atoms with Gasteiger partial charge < -0.3 is 4.98 Å². The molecule has 1 N–H and O–H groups in total. The smallest absolute Gasteiger partial charge is 0.134 e. The van der Waals surface area contributed by atoms with Crippen molar-refractivity contribution in [3.8, 4) is 0 Å². The second-order valence-electron chi connectivity index (χ2n) is 6.15. The van der Waals surface area contributed by atoms with Gasteiger partial charge in [-0.2, -0.15) is 0 Å². The number of hydrogen-bond donors (Lipinski definition) is 1. The highest BCUT2D eigenvalue weighted by atomic mass is 16.1. The van der Waals surface area contributed by atoms with Crippen molar-refractivity contribution in [2.45, 2.75) is 73.8 Å². The summed E-state index contributed by atoms with van der Waals surface area (Å²) in [5.41, 5.74) is 3.96. The van der Waals surface area contributed by atoms with Gasteiger partial charge in [-0.05, 0) is 44.4 Å². The zero-order valence-electron chi connectivity index (χ0n) is 17.9. The van der Waals surface area contributed by atoms with Crippen LogP contribution in [0.25, 0.3) is 10.9 Å². The molecule has 1 fully saturated rings. The van der Waals surface area contributed by atoms with E-state index in [9.17, 15) is 4.79 Å². The summed E-state index contributed by atoms with van der Waals surface area (Å²) in [5, 5.41) is 1.34. The Morgan fingerprint density at radius 2 is 1.69 bits per heavy atom. The molecular formula is C23H38N2O. The fraction of sp³-hybridized carbons (Fsp3) is 0.609. The van der Waals surface area contributed by atoms with Crippen molar-refractivity contribution >= 4 is 16.7 Å². The van der Waals surface area contributed by atoms with E-state index in [1.54, 1.807) is 6.92 Å². The molecule has 0 radical (unpaired) electrons. The molecule has 0 amide bonds. The van der Waals surface area contributed by atoms with Crippen LogP contribution in [0.1, 0.15) is 78.6 Å². The molecule has 0 saturated carbocycles. The summed E-state index contributed by atoms with van der Waals surface area (Å²) in [5.74, 6) is 0.502. The van der Waals surface area contributed by atoms with E-state index in [1.165, 1.54) is 22.2 Å². The molecule has 1 aromatic carbocycles. The van der Waals surface area contributed by atoms with Crippen molar-refractivity contribution in [1.82, 2.24) is 9.88 Å². The summed E-state index contributed by atoms with van der Waals surface area (Å²) in [6.45, 7) is 16.0. The van der Waals surface area contributed by atoms with Gasteiger partial charge in [-0.1, -0.05) is 59.7 Å². The van der Waals surface area contributed by atoms with E-state index in [1.807, 2.05) is 41.5 Å². The Morgan fingerprint density at radius 1 is 1.04 bits per heavy atom. The Morgan fingerprint density at radius 3 is 2.35 bits per heavy atom. The Balaban J connectivity index is 0.000000515. The average molecular weight is 359 g/mol. The molecular weight excluding hydrogens is 320 g/mol. The number of ketones is 1. The predicted octanol–water partition coefficient (Wildman–Crippen LogP) is 6.14. The SMILES string of the molecule is CC.CC.CC.CC(=O)[C@@H]1CCCN2CCc3c([nH]c4ccccc34)[C@@H]12. The number of aromatic nitrogens is 1. The Kier molecular flexibility index (Phi) is 9.64. The lowest BCUT2D eigenvalue weighted by Crippen LogP contribution is -2.45. The zero-order chi connectivity index (χ0) is 19.7. The van der Waals surface area contributed by atoms with E-state index in [2.05, 4.69) is 34.1 Å². The van der Waals surface area contributed by atoms with Crippen molar-refractivity contribution < 1.29 is 4.79 Å². The van der Waals surface area contributed by atoms with Gasteiger partial charge >= 0.3 is 0 Å². The van der Waals surface area contributed by atoms with Crippen molar-refractivity contribution in [1.29, 1.82) is 0 Å². The first-order valence-corrected chi connectivity index (χ1v) is 10.6. The van der Waals surface area contributed by atoms with Crippen molar-refractivity contribution in [2.75, 3.05) is 13.1 Å². The molecule has 3 heterocycles. The van der Waals surface area contributed by atoms with Gasteiger partial charge in [0.15, 0.2) is 0 Å². The Labute approximate surface area is 160 Å². The van der Waals surface area contributed by atoms with Crippen LogP contribution in [0.2, 0.25) is 0 Å². The maximum Gasteiger partial charge on any atom is 0.134 e. The monoisotopic (exact) mass is 358 g/mol. The number of H-pyrrole nitrogens is 1. The van der Waals surface area contributed by atoms with Crippen LogP contribution in [0.15, 0.2) is 24.3 Å². The van der Waals surface area contributed by atoms with Crippen molar-refractivity contribution in [3.63, 3.8) is 0 Å². The molecule has 4 rings (SSSR count). The van der Waals surface area contributed by atoms with Crippen LogP contribution in [-0.2, 0) is 11.2 Å². The number of rotatable bonds is 1. The summed E-state index contributed by atoms with van der Waals surface area (Å²) in [4.78, 5) is 18.2. The summed E-state index contributed by atoms with van der Waals surface area (Å²) in [7, 11) is 0. The molecule has 0 aliphatic carbocycles. The molecule has 0 spiro atoms. The van der Waals surface area contributed by atoms with Crippen LogP contribution in [0.3, 0.4) is 0 Å². The fourth-order valence-corrected chi connectivity index (χ4v) is 4.12. The number of nitrogens with one attached hydrogen (secondary N) is 1. The molecule has 2 atom stereocenters. The van der Waals surface area contributed by atoms with Gasteiger partial charge in [-0.25, -0.2) is 0 Å². The third kappa shape index (κ3) is 4.37. The van der Waals surface area contributed by atoms with Gasteiger partial charge in [0.05, 0.1) is 6.04 Å². The third-order valence-electron chi connectivity index (χ3n) is 5.05. The van der Waals surface area contributed by atoms with Crippen molar-refractivity contribution in [2.24, 2.45) is 5.92 Å². The molecule has 3 nitrogen and oxygen atoms in total. The van der Waals surface area contributed by atoms with Crippen molar-refractivity contribution in [3.05, 3.63) is 35.5 Å². The highest BCUT2D eigenvalue weighted by molar-refractivity contribution is 5.86. The number of aromatic amines is 1. The topological polar surface area (TPSA) is 36.1 Å². The number of nitrogens with zero attached hydrogens (tertiary/aromatic N) is 1. The molecule has 3 heteroatoms. The van der Waals surface area contributed by atoms with Gasteiger partial charge in [0.25, 0.3) is 0 Å². The minimum absolute atomic E-state index is 0.163. The lowest BCUT2D eigenvalue weighted by Gasteiger charge is -2.43. The normalized spacial score (nSPS) is 20.9. The summed E-state index contributed by atoms with van der Waals surface area (Å²) < 4.78 is 0. The summed E-state index contributed by atoms with van der Waals surface area (Å²) in [6, 6.07) is 8.80. The maximum atomic E-state index is 12.0. The number of benzene rings is 1. The first kappa shape index (κ1) is 22.4. The lowest BCUT2D eigenvalue weighted by molar-refractivity contribution is -0.125. The van der Waals surface area contributed by atoms with Crippen LogP contribution in [0, 0.1) is 5.92 Å². The second kappa shape index (κ2) is 11.2. The van der Waals surface area contributed by atoms with E-state index in [-0.39, 0.29) is 12.0 Å². The van der Waals surface area contributed by atoms with Crippen LogP contribution in [0.5, 0.6) is 0 Å². The molecule has 1 aromatic heterocycles. The van der Waals surface area contributed by atoms with Gasteiger partial charge in [0.1, 0.15) is 5.78 Å². The fourth-order valence-electron chi connectivity index (χ4n) is 4.12. The standard InChI is InChI=1S/C17H20N2O.3C2H6/c1-11(20)12-6-4-9-19-10-8-14-13-5-2-3-7-15(13)18-16(14)17(12)19;3*1-2/h2-3,5,7,12,17-18H,4,6,8-10H2,1H3;3*1-2H3/t12-,17+;;;/m0.../s1. The number of hydrogen-bond acceptors (Lipinski definition) is 2. The zero-order valence-corrected chi connectivity index (χ0v) is 17.9.